The van der Waals surface area contributed by atoms with Crippen LogP contribution in [-0.2, 0) is 33.9 Å². The third-order valence-corrected chi connectivity index (χ3v) is 15.2. The predicted molar refractivity (Wildman–Crippen MR) is 150 cm³/mol. The molecule has 5 rings (SSSR count). The van der Waals surface area contributed by atoms with Crippen molar-refractivity contribution in [1.82, 2.24) is 0 Å². The molecule has 1 atom stereocenters. The van der Waals surface area contributed by atoms with Crippen molar-refractivity contribution in [2.45, 2.75) is 60.1 Å². The molecule has 0 amide bonds. The van der Waals surface area contributed by atoms with Gasteiger partial charge in [0.1, 0.15) is 0 Å². The molecule has 0 radical (unpaired) electrons. The Labute approximate surface area is 256 Å². The average Bonchev–Trinajstić information content (AvgIpc) is 3.45. The molecule has 0 spiro atoms. The molecule has 0 nitrogen and oxygen atoms in total. The fraction of sp³-hybridized carbons (Fsp3) is 0.324. The summed E-state index contributed by atoms with van der Waals surface area (Å²) in [6.07, 6.45) is 1.13. The van der Waals surface area contributed by atoms with Crippen LogP contribution in [0.2, 0.25) is 0 Å². The number of alkyl halides is 3. The molecule has 0 aliphatic heterocycles. The van der Waals surface area contributed by atoms with Gasteiger partial charge in [-0.25, -0.2) is 0 Å². The van der Waals surface area contributed by atoms with Gasteiger partial charge in [-0.1, -0.05) is 0 Å². The molecule has 1 unspecified atom stereocenters. The molecule has 0 bridgehead atoms. The van der Waals surface area contributed by atoms with E-state index in [1.165, 1.54) is 48.8 Å². The molecule has 0 N–H and O–H groups in total. The zero-order valence-electron chi connectivity index (χ0n) is 23.6. The van der Waals surface area contributed by atoms with Crippen LogP contribution in [0.1, 0.15) is 69.7 Å². The number of hydrogen-bond acceptors (Lipinski definition) is 0. The van der Waals surface area contributed by atoms with E-state index < -0.39 is 33.0 Å². The van der Waals surface area contributed by atoms with Crippen molar-refractivity contribution in [1.29, 1.82) is 0 Å². The summed E-state index contributed by atoms with van der Waals surface area (Å²) in [6, 6.07) is 21.2. The Bertz CT molecular complexity index is 1470. The van der Waals surface area contributed by atoms with Crippen LogP contribution in [0, 0.1) is 11.3 Å². The van der Waals surface area contributed by atoms with Crippen LogP contribution in [0.25, 0.3) is 11.1 Å². The summed E-state index contributed by atoms with van der Waals surface area (Å²) in [6.45, 7) is 11.4. The van der Waals surface area contributed by atoms with E-state index in [2.05, 4.69) is 86.9 Å². The molecule has 0 saturated heterocycles. The minimum Gasteiger partial charge on any atom is -1.00 e. The van der Waals surface area contributed by atoms with Gasteiger partial charge in [0.2, 0.25) is 0 Å². The third-order valence-electron chi connectivity index (χ3n) is 7.97. The standard InChI is InChI=1S/C13H9.C13H21.C8H5F3.2ClH.Zr/c1-3-7-12-10(5-1)9-11-6-2-4-8-13(11)12;1-6-10-8-11(7-2)12(9-10)13(3,4)5;1-6-2-4-7(5-3-6)8(9,10)11;;;/h1-5,7-8H,9H2;9-10H,6-7H2,1-5H3;1-5H;2*1H;/q;;;;;+2/p-2. The second-order valence-electron chi connectivity index (χ2n) is 11.4. The van der Waals surface area contributed by atoms with Crippen molar-refractivity contribution in [2.75, 3.05) is 0 Å². The van der Waals surface area contributed by atoms with Gasteiger partial charge in [-0.15, -0.1) is 0 Å². The van der Waals surface area contributed by atoms with Crippen molar-refractivity contribution < 1.29 is 59.3 Å². The third kappa shape index (κ3) is 6.20. The van der Waals surface area contributed by atoms with Crippen molar-refractivity contribution >= 4 is 6.98 Å². The van der Waals surface area contributed by atoms with Gasteiger partial charge in [0, 0.05) is 0 Å². The largest absolute Gasteiger partial charge is 1.00 e. The second kappa shape index (κ2) is 12.6. The van der Waals surface area contributed by atoms with E-state index in [9.17, 15) is 13.2 Å². The normalized spacial score (nSPS) is 16.2. The van der Waals surface area contributed by atoms with Crippen LogP contribution < -0.4 is 28.1 Å². The van der Waals surface area contributed by atoms with E-state index in [1.54, 1.807) is 15.4 Å². The van der Waals surface area contributed by atoms with E-state index in [4.69, 9.17) is 0 Å². The van der Waals surface area contributed by atoms with E-state index >= 15 is 0 Å². The monoisotopic (exact) mass is 660 g/mol. The van der Waals surface area contributed by atoms with Crippen molar-refractivity contribution in [3.8, 4) is 11.1 Å². The quantitative estimate of drug-likeness (QED) is 0.309. The zero-order valence-corrected chi connectivity index (χ0v) is 27.6. The SMILES string of the molecule is CCC1=[C](/[Zr+2](=[CH]/c2ccc(C(F)(F)F)cc2)[c]2cccc3c2Cc2ccccc2-3)C(CC)C=C1C(C)(C)C.[Cl-].[Cl-]. The zero-order chi connectivity index (χ0) is 27.2. The van der Waals surface area contributed by atoms with Gasteiger partial charge in [0.25, 0.3) is 0 Å². The van der Waals surface area contributed by atoms with Gasteiger partial charge in [0.15, 0.2) is 0 Å². The number of allylic oxidation sites excluding steroid dienone is 4. The van der Waals surface area contributed by atoms with Gasteiger partial charge >= 0.3 is 233 Å². The van der Waals surface area contributed by atoms with Crippen molar-refractivity contribution in [3.63, 3.8) is 0 Å². The fourth-order valence-corrected chi connectivity index (χ4v) is 14.2. The van der Waals surface area contributed by atoms with Crippen LogP contribution in [0.15, 0.2) is 87.2 Å². The molecular weight excluding hydrogens is 627 g/mol. The summed E-state index contributed by atoms with van der Waals surface area (Å²) in [7, 11) is 0. The molecule has 0 fully saturated rings. The van der Waals surface area contributed by atoms with Crippen LogP contribution in [0.3, 0.4) is 0 Å². The molecule has 6 heteroatoms. The van der Waals surface area contributed by atoms with Gasteiger partial charge in [-0.2, -0.15) is 0 Å². The first-order valence-electron chi connectivity index (χ1n) is 13.6. The number of benzene rings is 3. The Morgan fingerprint density at radius 1 is 0.850 bits per heavy atom. The molecule has 2 aliphatic carbocycles. The van der Waals surface area contributed by atoms with E-state index in [0.717, 1.165) is 24.8 Å². The number of halogens is 5. The molecular formula is C34H35Cl2F3Zr. The number of hydrogen-bond donors (Lipinski definition) is 0. The first-order chi connectivity index (χ1) is 18.0. The number of fused-ring (bicyclic) bond motifs is 3. The Hall–Kier alpha value is -1.74. The maximum absolute atomic E-state index is 13.3. The van der Waals surface area contributed by atoms with E-state index in [0.29, 0.717) is 5.92 Å². The molecule has 0 heterocycles. The summed E-state index contributed by atoms with van der Waals surface area (Å²) < 4.78 is 45.4. The summed E-state index contributed by atoms with van der Waals surface area (Å²) in [5.41, 5.74) is 8.75. The smallest absolute Gasteiger partial charge is 1.00 e. The maximum Gasteiger partial charge on any atom is -1.00 e. The molecule has 3 aromatic rings. The summed E-state index contributed by atoms with van der Waals surface area (Å²) in [5, 5.41) is 0. The molecule has 0 aromatic heterocycles. The Balaban J connectivity index is 0.00000220. The molecule has 0 saturated carbocycles. The Morgan fingerprint density at radius 3 is 2.10 bits per heavy atom. The minimum atomic E-state index is -4.33. The topological polar surface area (TPSA) is 0 Å². The Morgan fingerprint density at radius 2 is 1.50 bits per heavy atom. The first kappa shape index (κ1) is 32.8. The maximum atomic E-state index is 13.3. The average molecular weight is 663 g/mol. The van der Waals surface area contributed by atoms with Crippen molar-refractivity contribution in [3.05, 3.63) is 109 Å². The van der Waals surface area contributed by atoms with Crippen LogP contribution >= 0.6 is 0 Å². The fourth-order valence-electron chi connectivity index (χ4n) is 6.17. The second-order valence-corrected chi connectivity index (χ2v) is 16.8. The summed E-state index contributed by atoms with van der Waals surface area (Å²) in [5.74, 6) is 0.388. The van der Waals surface area contributed by atoms with Crippen LogP contribution in [-0.4, -0.2) is 3.71 Å². The minimum absolute atomic E-state index is 0. The molecule has 40 heavy (non-hydrogen) atoms. The molecule has 3 aromatic carbocycles. The van der Waals surface area contributed by atoms with Crippen molar-refractivity contribution in [2.24, 2.45) is 11.3 Å². The van der Waals surface area contributed by atoms with Crippen LogP contribution in [0.4, 0.5) is 13.2 Å². The van der Waals surface area contributed by atoms with Crippen LogP contribution in [0.5, 0.6) is 0 Å². The molecule has 2 aliphatic rings. The predicted octanol–water partition coefficient (Wildman–Crippen LogP) is 3.06. The van der Waals surface area contributed by atoms with Gasteiger partial charge in [0.05, 0.1) is 0 Å². The first-order valence-corrected chi connectivity index (χ1v) is 17.5. The number of rotatable bonds is 5. The van der Waals surface area contributed by atoms with E-state index in [1.807, 2.05) is 0 Å². The van der Waals surface area contributed by atoms with Gasteiger partial charge in [-0.3, -0.25) is 0 Å². The van der Waals surface area contributed by atoms with E-state index in [-0.39, 0.29) is 30.2 Å². The summed E-state index contributed by atoms with van der Waals surface area (Å²) in [4.78, 5) is 0. The summed E-state index contributed by atoms with van der Waals surface area (Å²) >= 11 is -2.75. The Kier molecular flexibility index (Phi) is 10.4. The molecule has 210 valence electrons. The van der Waals surface area contributed by atoms with Gasteiger partial charge in [-0.05, 0) is 0 Å². The van der Waals surface area contributed by atoms with Gasteiger partial charge < -0.3 is 24.8 Å².